The molecule has 0 aromatic heterocycles. The Morgan fingerprint density at radius 2 is 2.17 bits per heavy atom. The van der Waals surface area contributed by atoms with Crippen molar-refractivity contribution in [1.82, 2.24) is 0 Å². The molecule has 18 heavy (non-hydrogen) atoms. The van der Waals surface area contributed by atoms with E-state index >= 15 is 0 Å². The van der Waals surface area contributed by atoms with E-state index < -0.39 is 27.4 Å². The number of halogens is 1. The van der Waals surface area contributed by atoms with Crippen LogP contribution in [0.4, 0.5) is 5.69 Å². The van der Waals surface area contributed by atoms with E-state index in [9.17, 15) is 19.7 Å². The minimum Gasteiger partial charge on any atom is -0.481 e. The summed E-state index contributed by atoms with van der Waals surface area (Å²) < 4.78 is 0. The Morgan fingerprint density at radius 3 is 2.72 bits per heavy atom. The number of carbonyl (C=O) groups excluding carboxylic acids is 1. The Bertz CT molecular complexity index is 556. The van der Waals surface area contributed by atoms with E-state index in [1.807, 2.05) is 0 Å². The molecule has 0 radical (unpaired) electrons. The molecule has 1 aromatic carbocycles. The molecule has 1 aliphatic rings. The number of Topliss-reactive ketones (excluding diaryl/α,β-unsaturated/α-hetero) is 1. The maximum absolute atomic E-state index is 12.0. The Kier molecular flexibility index (Phi) is 3.16. The summed E-state index contributed by atoms with van der Waals surface area (Å²) in [6.07, 6.45) is 0.185. The minimum absolute atomic E-state index is 0.171. The number of non-ortho nitro benzene ring substituents is 1. The lowest BCUT2D eigenvalue weighted by Gasteiger charge is -2.24. The molecule has 2 rings (SSSR count). The number of benzene rings is 1. The second-order valence-electron chi connectivity index (χ2n) is 4.01. The number of rotatable bonds is 2. The first-order valence-corrected chi connectivity index (χ1v) is 6.02. The normalized spacial score (nSPS) is 22.4. The number of nitro benzene ring substituents is 1. The SMILES string of the molecule is O=C1c2cc([N+](=O)[O-])ccc2CC(C(=O)O)C1Br. The number of nitrogens with zero attached hydrogens (tertiary/aromatic N) is 1. The van der Waals surface area contributed by atoms with Gasteiger partial charge in [0.2, 0.25) is 0 Å². The van der Waals surface area contributed by atoms with Crippen molar-refractivity contribution in [2.24, 2.45) is 5.92 Å². The molecule has 6 nitrogen and oxygen atoms in total. The van der Waals surface area contributed by atoms with Crippen LogP contribution in [0.2, 0.25) is 0 Å². The number of hydrogen-bond donors (Lipinski definition) is 1. The number of hydrogen-bond acceptors (Lipinski definition) is 4. The highest BCUT2D eigenvalue weighted by molar-refractivity contribution is 9.10. The molecule has 0 saturated carbocycles. The van der Waals surface area contributed by atoms with Crippen LogP contribution in [-0.4, -0.2) is 26.6 Å². The van der Waals surface area contributed by atoms with Crippen LogP contribution < -0.4 is 0 Å². The van der Waals surface area contributed by atoms with Crippen LogP contribution in [0, 0.1) is 16.0 Å². The zero-order chi connectivity index (χ0) is 13.4. The van der Waals surface area contributed by atoms with Crippen molar-refractivity contribution in [3.05, 3.63) is 39.4 Å². The fraction of sp³-hybridized carbons (Fsp3) is 0.273. The van der Waals surface area contributed by atoms with Gasteiger partial charge < -0.3 is 5.11 Å². The van der Waals surface area contributed by atoms with Gasteiger partial charge in [0, 0.05) is 17.7 Å². The van der Waals surface area contributed by atoms with Crippen LogP contribution in [0.25, 0.3) is 0 Å². The lowest BCUT2D eigenvalue weighted by molar-refractivity contribution is -0.384. The van der Waals surface area contributed by atoms with Crippen molar-refractivity contribution in [3.8, 4) is 0 Å². The zero-order valence-corrected chi connectivity index (χ0v) is 10.6. The predicted octanol–water partition coefficient (Wildman–Crippen LogP) is 1.80. The topological polar surface area (TPSA) is 97.5 Å². The van der Waals surface area contributed by atoms with Crippen LogP contribution in [0.1, 0.15) is 15.9 Å². The molecule has 0 saturated heterocycles. The Hall–Kier alpha value is -1.76. The first-order chi connectivity index (χ1) is 8.41. The second kappa shape index (κ2) is 4.49. The van der Waals surface area contributed by atoms with Crippen LogP contribution in [0.5, 0.6) is 0 Å². The molecule has 1 aromatic rings. The lowest BCUT2D eigenvalue weighted by Crippen LogP contribution is -2.36. The molecular weight excluding hydrogens is 306 g/mol. The summed E-state index contributed by atoms with van der Waals surface area (Å²) in [7, 11) is 0. The molecule has 0 aliphatic heterocycles. The number of carboxylic acid groups (broad SMARTS) is 1. The predicted molar refractivity (Wildman–Crippen MR) is 65.0 cm³/mol. The second-order valence-corrected chi connectivity index (χ2v) is 5.00. The van der Waals surface area contributed by atoms with E-state index in [4.69, 9.17) is 5.11 Å². The summed E-state index contributed by atoms with van der Waals surface area (Å²) in [6.45, 7) is 0. The van der Waals surface area contributed by atoms with Crippen molar-refractivity contribution in [2.45, 2.75) is 11.2 Å². The lowest BCUT2D eigenvalue weighted by atomic mass is 9.83. The minimum atomic E-state index is -1.06. The number of fused-ring (bicyclic) bond motifs is 1. The third-order valence-corrected chi connectivity index (χ3v) is 3.98. The van der Waals surface area contributed by atoms with E-state index in [2.05, 4.69) is 15.9 Å². The van der Waals surface area contributed by atoms with E-state index in [1.165, 1.54) is 18.2 Å². The third-order valence-electron chi connectivity index (χ3n) is 2.93. The van der Waals surface area contributed by atoms with E-state index in [0.29, 0.717) is 5.56 Å². The molecule has 0 amide bonds. The monoisotopic (exact) mass is 313 g/mol. The molecule has 7 heteroatoms. The van der Waals surface area contributed by atoms with Gasteiger partial charge in [-0.15, -0.1) is 0 Å². The summed E-state index contributed by atoms with van der Waals surface area (Å²) in [4.78, 5) is 32.2. The fourth-order valence-corrected chi connectivity index (χ4v) is 2.63. The highest BCUT2D eigenvalue weighted by Gasteiger charge is 2.38. The Balaban J connectivity index is 2.48. The van der Waals surface area contributed by atoms with Crippen molar-refractivity contribution in [3.63, 3.8) is 0 Å². The van der Waals surface area contributed by atoms with Crippen LogP contribution in [0.15, 0.2) is 18.2 Å². The summed E-state index contributed by atoms with van der Waals surface area (Å²) in [5, 5.41) is 19.6. The first-order valence-electron chi connectivity index (χ1n) is 5.10. The molecule has 0 spiro atoms. The molecule has 0 bridgehead atoms. The third kappa shape index (κ3) is 2.01. The van der Waals surface area contributed by atoms with Crippen LogP contribution >= 0.6 is 15.9 Å². The Morgan fingerprint density at radius 1 is 1.50 bits per heavy atom. The van der Waals surface area contributed by atoms with Gasteiger partial charge in [-0.05, 0) is 12.0 Å². The van der Waals surface area contributed by atoms with Gasteiger partial charge >= 0.3 is 5.97 Å². The number of alkyl halides is 1. The van der Waals surface area contributed by atoms with Crippen molar-refractivity contribution < 1.29 is 19.6 Å². The summed E-state index contributed by atoms with van der Waals surface area (Å²) >= 11 is 3.05. The molecule has 0 heterocycles. The van der Waals surface area contributed by atoms with Crippen molar-refractivity contribution >= 4 is 33.4 Å². The number of carboxylic acids is 1. The molecule has 0 fully saturated rings. The van der Waals surface area contributed by atoms with Gasteiger partial charge in [0.1, 0.15) is 0 Å². The standard InChI is InChI=1S/C11H8BrNO5/c12-9-8(11(15)16)3-5-1-2-6(13(17)18)4-7(5)10(9)14/h1-2,4,8-9H,3H2,(H,15,16). The molecule has 1 aliphatic carbocycles. The highest BCUT2D eigenvalue weighted by atomic mass is 79.9. The number of nitro groups is 1. The number of aliphatic carboxylic acids is 1. The maximum atomic E-state index is 12.0. The van der Waals surface area contributed by atoms with Gasteiger partial charge in [-0.25, -0.2) is 0 Å². The molecule has 1 N–H and O–H groups in total. The fourth-order valence-electron chi connectivity index (χ4n) is 1.97. The van der Waals surface area contributed by atoms with E-state index in [-0.39, 0.29) is 17.7 Å². The summed E-state index contributed by atoms with van der Waals surface area (Å²) in [5.41, 5.74) is 0.591. The first kappa shape index (κ1) is 12.7. The van der Waals surface area contributed by atoms with Gasteiger partial charge in [0.15, 0.2) is 5.78 Å². The Labute approximate surface area is 110 Å². The quantitative estimate of drug-likeness (QED) is 0.510. The van der Waals surface area contributed by atoms with E-state index in [0.717, 1.165) is 0 Å². The van der Waals surface area contributed by atoms with Crippen LogP contribution in [-0.2, 0) is 11.2 Å². The zero-order valence-electron chi connectivity index (χ0n) is 9.00. The summed E-state index contributed by atoms with van der Waals surface area (Å²) in [5.74, 6) is -2.33. The van der Waals surface area contributed by atoms with E-state index in [1.54, 1.807) is 0 Å². The van der Waals surface area contributed by atoms with Gasteiger partial charge in [0.25, 0.3) is 5.69 Å². The van der Waals surface area contributed by atoms with Crippen molar-refractivity contribution in [1.29, 1.82) is 0 Å². The van der Waals surface area contributed by atoms with Crippen molar-refractivity contribution in [2.75, 3.05) is 0 Å². The van der Waals surface area contributed by atoms with Gasteiger partial charge in [-0.2, -0.15) is 0 Å². The smallest absolute Gasteiger partial charge is 0.308 e. The molecule has 2 atom stereocenters. The van der Waals surface area contributed by atoms with Crippen LogP contribution in [0.3, 0.4) is 0 Å². The maximum Gasteiger partial charge on any atom is 0.308 e. The van der Waals surface area contributed by atoms with Gasteiger partial charge in [-0.1, -0.05) is 22.0 Å². The highest BCUT2D eigenvalue weighted by Crippen LogP contribution is 2.32. The molecular formula is C11H8BrNO5. The number of carbonyl (C=O) groups is 2. The largest absolute Gasteiger partial charge is 0.481 e. The van der Waals surface area contributed by atoms with Gasteiger partial charge in [0.05, 0.1) is 15.7 Å². The molecule has 94 valence electrons. The van der Waals surface area contributed by atoms with Gasteiger partial charge in [-0.3, -0.25) is 19.7 Å². The average Bonchev–Trinajstić information content (AvgIpc) is 2.32. The number of ketones is 1. The summed E-state index contributed by atoms with van der Waals surface area (Å²) in [6, 6.07) is 3.92. The molecule has 2 unspecified atom stereocenters. The average molecular weight is 314 g/mol.